The Morgan fingerprint density at radius 2 is 1.55 bits per heavy atom. The first kappa shape index (κ1) is 23.9. The fourth-order valence-electron chi connectivity index (χ4n) is 4.30. The molecule has 0 fully saturated rings. The van der Waals surface area contributed by atoms with Crippen molar-refractivity contribution in [2.45, 2.75) is 0 Å². The lowest BCUT2D eigenvalue weighted by molar-refractivity contribution is 0.412. The van der Waals surface area contributed by atoms with Gasteiger partial charge in [0.25, 0.3) is 5.56 Å². The summed E-state index contributed by atoms with van der Waals surface area (Å²) in [7, 11) is 1.59. The molecule has 2 aromatic heterocycles. The number of methoxy groups -OCH3 is 1. The number of rotatable bonds is 6. The number of ether oxygens (including phenoxy) is 1. The average Bonchev–Trinajstić information content (AvgIpc) is 3.38. The monoisotopic (exact) mass is 536 g/mol. The molecule has 0 aliphatic carbocycles. The molecular weight excluding hydrogens is 516 g/mol. The van der Waals surface area contributed by atoms with E-state index in [4.69, 9.17) is 26.3 Å². The molecule has 8 heteroatoms. The smallest absolute Gasteiger partial charge is 0.266 e. The third-order valence-corrected chi connectivity index (χ3v) is 7.29. The summed E-state index contributed by atoms with van der Waals surface area (Å²) in [5.41, 5.74) is 3.51. The lowest BCUT2D eigenvalue weighted by Gasteiger charge is -2.16. The minimum absolute atomic E-state index is 0.185. The highest BCUT2D eigenvalue weighted by molar-refractivity contribution is 7.19. The molecule has 186 valence electrons. The number of hydrogen-bond donors (Lipinski definition) is 1. The third kappa shape index (κ3) is 4.42. The molecule has 0 saturated heterocycles. The van der Waals surface area contributed by atoms with Crippen LogP contribution in [0.4, 0.5) is 10.8 Å². The fraction of sp³-hybridized carbons (Fsp3) is 0.0333. The molecule has 0 atom stereocenters. The topological polar surface area (TPSA) is 69.0 Å². The van der Waals surface area contributed by atoms with Crippen LogP contribution < -0.4 is 15.6 Å². The number of thiazole rings is 1. The third-order valence-electron chi connectivity index (χ3n) is 6.07. The number of hydrogen-bond acceptors (Lipinski definition) is 6. The Hall–Kier alpha value is -4.46. The van der Waals surface area contributed by atoms with Gasteiger partial charge in [0.05, 0.1) is 29.4 Å². The Labute approximate surface area is 227 Å². The van der Waals surface area contributed by atoms with Crippen molar-refractivity contribution in [1.82, 2.24) is 14.5 Å². The van der Waals surface area contributed by atoms with Gasteiger partial charge in [0.15, 0.2) is 11.0 Å². The highest BCUT2D eigenvalue weighted by Gasteiger charge is 2.23. The number of fused-ring (bicyclic) bond motifs is 1. The van der Waals surface area contributed by atoms with Crippen LogP contribution in [-0.4, -0.2) is 21.6 Å². The molecule has 0 unspecified atom stereocenters. The van der Waals surface area contributed by atoms with Crippen molar-refractivity contribution < 1.29 is 4.74 Å². The van der Waals surface area contributed by atoms with Gasteiger partial charge >= 0.3 is 0 Å². The summed E-state index contributed by atoms with van der Waals surface area (Å²) in [5, 5.41) is 5.21. The van der Waals surface area contributed by atoms with Crippen LogP contribution in [-0.2, 0) is 0 Å². The molecule has 0 radical (unpaired) electrons. The Bertz CT molecular complexity index is 1820. The second-order valence-corrected chi connectivity index (χ2v) is 9.90. The standard InChI is InChI=1S/C30H21ClN4O2S/c1-37-25-14-8-7-13-24(25)35-28(33-23-12-6-5-11-22(23)29(35)36)27-26(19-9-3-2-4-10-19)34-30(38-27)32-21-17-15-20(31)16-18-21/h2-18H,1H3,(H,32,34). The highest BCUT2D eigenvalue weighted by atomic mass is 35.5. The first-order valence-electron chi connectivity index (χ1n) is 11.9. The minimum atomic E-state index is -0.185. The molecule has 6 rings (SSSR count). The number of nitrogens with zero attached hydrogens (tertiary/aromatic N) is 3. The van der Waals surface area contributed by atoms with E-state index in [1.807, 2.05) is 97.1 Å². The van der Waals surface area contributed by atoms with E-state index in [1.54, 1.807) is 17.7 Å². The van der Waals surface area contributed by atoms with Gasteiger partial charge in [-0.1, -0.05) is 77.5 Å². The predicted octanol–water partition coefficient (Wildman–Crippen LogP) is 7.58. The predicted molar refractivity (Wildman–Crippen MR) is 155 cm³/mol. The minimum Gasteiger partial charge on any atom is -0.495 e. The van der Waals surface area contributed by atoms with Gasteiger partial charge in [0, 0.05) is 16.3 Å². The van der Waals surface area contributed by atoms with E-state index >= 15 is 0 Å². The summed E-state index contributed by atoms with van der Waals surface area (Å²) in [6.45, 7) is 0. The van der Waals surface area contributed by atoms with Gasteiger partial charge in [0.2, 0.25) is 0 Å². The maximum atomic E-state index is 14.0. The molecule has 0 saturated carbocycles. The summed E-state index contributed by atoms with van der Waals surface area (Å²) in [4.78, 5) is 24.7. The van der Waals surface area contributed by atoms with Crippen LogP contribution in [0.15, 0.2) is 108 Å². The van der Waals surface area contributed by atoms with Crippen molar-refractivity contribution in [3.63, 3.8) is 0 Å². The quantitative estimate of drug-likeness (QED) is 0.237. The maximum Gasteiger partial charge on any atom is 0.266 e. The largest absolute Gasteiger partial charge is 0.495 e. The SMILES string of the molecule is COc1ccccc1-n1c(-c2sc(Nc3ccc(Cl)cc3)nc2-c2ccccc2)nc2ccccc2c1=O. The zero-order chi connectivity index (χ0) is 26.1. The van der Waals surface area contributed by atoms with E-state index in [0.29, 0.717) is 38.3 Å². The van der Waals surface area contributed by atoms with E-state index < -0.39 is 0 Å². The lowest BCUT2D eigenvalue weighted by atomic mass is 10.1. The molecule has 6 nitrogen and oxygen atoms in total. The summed E-state index contributed by atoms with van der Waals surface area (Å²) in [6.07, 6.45) is 0. The van der Waals surface area contributed by atoms with Crippen LogP contribution >= 0.6 is 22.9 Å². The molecule has 0 aliphatic heterocycles. The van der Waals surface area contributed by atoms with Crippen LogP contribution in [0, 0.1) is 0 Å². The van der Waals surface area contributed by atoms with Crippen LogP contribution in [0.5, 0.6) is 5.75 Å². The van der Waals surface area contributed by atoms with E-state index in [9.17, 15) is 4.79 Å². The Morgan fingerprint density at radius 3 is 2.34 bits per heavy atom. The number of nitrogens with one attached hydrogen (secondary N) is 1. The molecular formula is C30H21ClN4O2S. The van der Waals surface area contributed by atoms with Gasteiger partial charge in [0.1, 0.15) is 10.6 Å². The molecule has 0 spiro atoms. The highest BCUT2D eigenvalue weighted by Crippen LogP contribution is 2.40. The van der Waals surface area contributed by atoms with Crippen LogP contribution in [0.3, 0.4) is 0 Å². The van der Waals surface area contributed by atoms with Crippen LogP contribution in [0.1, 0.15) is 0 Å². The Morgan fingerprint density at radius 1 is 0.842 bits per heavy atom. The van der Waals surface area contributed by atoms with Crippen molar-refractivity contribution in [3.8, 4) is 33.4 Å². The average molecular weight is 537 g/mol. The van der Waals surface area contributed by atoms with Gasteiger partial charge in [-0.15, -0.1) is 0 Å². The number of anilines is 2. The second-order valence-electron chi connectivity index (χ2n) is 8.46. The summed E-state index contributed by atoms with van der Waals surface area (Å²) in [5.74, 6) is 1.05. The first-order valence-corrected chi connectivity index (χ1v) is 13.1. The zero-order valence-corrected chi connectivity index (χ0v) is 21.8. The molecule has 1 N–H and O–H groups in total. The van der Waals surface area contributed by atoms with Gasteiger partial charge in [-0.05, 0) is 48.5 Å². The Kier molecular flexibility index (Phi) is 6.37. The zero-order valence-electron chi connectivity index (χ0n) is 20.3. The second kappa shape index (κ2) is 10.1. The number of para-hydroxylation sites is 3. The van der Waals surface area contributed by atoms with Gasteiger partial charge < -0.3 is 10.1 Å². The summed E-state index contributed by atoms with van der Waals surface area (Å²) < 4.78 is 7.26. The van der Waals surface area contributed by atoms with E-state index in [2.05, 4.69) is 5.32 Å². The maximum absolute atomic E-state index is 14.0. The van der Waals surface area contributed by atoms with E-state index in [0.717, 1.165) is 21.8 Å². The van der Waals surface area contributed by atoms with Gasteiger partial charge in [-0.3, -0.25) is 9.36 Å². The molecule has 6 aromatic rings. The number of halogens is 1. The first-order chi connectivity index (χ1) is 18.6. The van der Waals surface area contributed by atoms with Crippen LogP contribution in [0.2, 0.25) is 5.02 Å². The van der Waals surface area contributed by atoms with Crippen molar-refractivity contribution in [3.05, 3.63) is 119 Å². The number of aromatic nitrogens is 3. The number of benzene rings is 4. The van der Waals surface area contributed by atoms with E-state index in [1.165, 1.54) is 11.3 Å². The molecule has 0 aliphatic rings. The lowest BCUT2D eigenvalue weighted by Crippen LogP contribution is -2.22. The molecule has 0 amide bonds. The van der Waals surface area contributed by atoms with Crippen molar-refractivity contribution in [1.29, 1.82) is 0 Å². The molecule has 38 heavy (non-hydrogen) atoms. The molecule has 2 heterocycles. The molecule has 4 aromatic carbocycles. The normalized spacial score (nSPS) is 11.0. The molecule has 0 bridgehead atoms. The van der Waals surface area contributed by atoms with Crippen molar-refractivity contribution >= 4 is 44.7 Å². The van der Waals surface area contributed by atoms with E-state index in [-0.39, 0.29) is 5.56 Å². The van der Waals surface area contributed by atoms with Gasteiger partial charge in [-0.2, -0.15) is 0 Å². The van der Waals surface area contributed by atoms with Gasteiger partial charge in [-0.25, -0.2) is 9.97 Å². The Balaban J connectivity index is 1.64. The van der Waals surface area contributed by atoms with Crippen molar-refractivity contribution in [2.24, 2.45) is 0 Å². The van der Waals surface area contributed by atoms with Crippen molar-refractivity contribution in [2.75, 3.05) is 12.4 Å². The van der Waals surface area contributed by atoms with Crippen LogP contribution in [0.25, 0.3) is 38.5 Å². The fourth-order valence-corrected chi connectivity index (χ4v) is 5.41. The summed E-state index contributed by atoms with van der Waals surface area (Å²) >= 11 is 7.50. The summed E-state index contributed by atoms with van der Waals surface area (Å²) in [6, 6.07) is 32.1.